The van der Waals surface area contributed by atoms with Gasteiger partial charge in [0.1, 0.15) is 16.6 Å². The lowest BCUT2D eigenvalue weighted by molar-refractivity contribution is 0.411. The van der Waals surface area contributed by atoms with Crippen molar-refractivity contribution in [3.05, 3.63) is 35.6 Å². The van der Waals surface area contributed by atoms with E-state index in [0.29, 0.717) is 16.3 Å². The fourth-order valence-electron chi connectivity index (χ4n) is 1.15. The van der Waals surface area contributed by atoms with E-state index >= 15 is 0 Å². The number of benzene rings is 1. The molecule has 0 unspecified atom stereocenters. The second-order valence-electron chi connectivity index (χ2n) is 2.68. The van der Waals surface area contributed by atoms with Crippen molar-refractivity contribution in [2.24, 2.45) is 0 Å². The fraction of sp³-hybridized carbons (Fsp3) is 0.100. The summed E-state index contributed by atoms with van der Waals surface area (Å²) < 4.78 is 18.4. The standard InChI is InChI=1S/C10H8FNOS/c1-13-7-2-3-8(9(11)6-7)10-12-4-5-14-10/h2-6H,1H3. The Bertz CT molecular complexity index is 428. The van der Waals surface area contributed by atoms with Crippen LogP contribution in [0.5, 0.6) is 5.75 Å². The van der Waals surface area contributed by atoms with Crippen molar-refractivity contribution in [2.75, 3.05) is 7.11 Å². The predicted octanol–water partition coefficient (Wildman–Crippen LogP) is 2.96. The first-order chi connectivity index (χ1) is 6.81. The van der Waals surface area contributed by atoms with Crippen LogP contribution in [-0.2, 0) is 0 Å². The Kier molecular flexibility index (Phi) is 2.45. The lowest BCUT2D eigenvalue weighted by atomic mass is 10.2. The first-order valence-electron chi connectivity index (χ1n) is 4.04. The zero-order valence-electron chi connectivity index (χ0n) is 7.53. The summed E-state index contributed by atoms with van der Waals surface area (Å²) in [4.78, 5) is 4.04. The molecule has 0 amide bonds. The Hall–Kier alpha value is -1.42. The van der Waals surface area contributed by atoms with Gasteiger partial charge in [-0.25, -0.2) is 9.37 Å². The van der Waals surface area contributed by atoms with Gasteiger partial charge in [0.15, 0.2) is 0 Å². The highest BCUT2D eigenvalue weighted by molar-refractivity contribution is 7.13. The average Bonchev–Trinajstić information content (AvgIpc) is 2.70. The molecule has 0 saturated heterocycles. The van der Waals surface area contributed by atoms with Gasteiger partial charge in [0.25, 0.3) is 0 Å². The molecule has 0 aliphatic rings. The third-order valence-electron chi connectivity index (χ3n) is 1.84. The average molecular weight is 209 g/mol. The molecule has 0 N–H and O–H groups in total. The molecule has 0 aliphatic carbocycles. The van der Waals surface area contributed by atoms with E-state index in [1.54, 1.807) is 18.3 Å². The summed E-state index contributed by atoms with van der Waals surface area (Å²) in [5, 5.41) is 2.50. The quantitative estimate of drug-likeness (QED) is 0.758. The topological polar surface area (TPSA) is 22.1 Å². The summed E-state index contributed by atoms with van der Waals surface area (Å²) in [5.41, 5.74) is 0.515. The van der Waals surface area contributed by atoms with Gasteiger partial charge in [-0.05, 0) is 12.1 Å². The molecule has 2 aromatic rings. The van der Waals surface area contributed by atoms with Crippen LogP contribution in [0.4, 0.5) is 4.39 Å². The van der Waals surface area contributed by atoms with Crippen LogP contribution in [0, 0.1) is 5.82 Å². The molecule has 0 bridgehead atoms. The molecule has 14 heavy (non-hydrogen) atoms. The molecular formula is C10H8FNOS. The van der Waals surface area contributed by atoms with Crippen LogP contribution >= 0.6 is 11.3 Å². The van der Waals surface area contributed by atoms with E-state index in [1.165, 1.54) is 24.5 Å². The molecule has 1 heterocycles. The van der Waals surface area contributed by atoms with Gasteiger partial charge in [-0.3, -0.25) is 0 Å². The molecule has 72 valence electrons. The van der Waals surface area contributed by atoms with Crippen molar-refractivity contribution in [3.63, 3.8) is 0 Å². The Morgan fingerprint density at radius 2 is 2.29 bits per heavy atom. The van der Waals surface area contributed by atoms with Crippen LogP contribution < -0.4 is 4.74 Å². The summed E-state index contributed by atoms with van der Waals surface area (Å²) in [6.07, 6.45) is 1.66. The van der Waals surface area contributed by atoms with E-state index in [4.69, 9.17) is 4.74 Å². The normalized spacial score (nSPS) is 10.1. The van der Waals surface area contributed by atoms with E-state index in [1.807, 2.05) is 5.38 Å². The predicted molar refractivity (Wildman–Crippen MR) is 54.1 cm³/mol. The van der Waals surface area contributed by atoms with Gasteiger partial charge in [-0.1, -0.05) is 0 Å². The summed E-state index contributed by atoms with van der Waals surface area (Å²) in [5.74, 6) is 0.210. The monoisotopic (exact) mass is 209 g/mol. The van der Waals surface area contributed by atoms with Gasteiger partial charge in [-0.2, -0.15) is 0 Å². The minimum atomic E-state index is -0.306. The Labute approximate surface area is 85.0 Å². The summed E-state index contributed by atoms with van der Waals surface area (Å²) in [6, 6.07) is 4.75. The van der Waals surface area contributed by atoms with Crippen LogP contribution in [0.15, 0.2) is 29.8 Å². The Morgan fingerprint density at radius 1 is 1.43 bits per heavy atom. The molecule has 0 atom stereocenters. The van der Waals surface area contributed by atoms with Crippen molar-refractivity contribution in [2.45, 2.75) is 0 Å². The van der Waals surface area contributed by atoms with Crippen LogP contribution in [0.25, 0.3) is 10.6 Å². The highest BCUT2D eigenvalue weighted by Crippen LogP contribution is 2.27. The van der Waals surface area contributed by atoms with Crippen molar-refractivity contribution < 1.29 is 9.13 Å². The number of thiazole rings is 1. The minimum absolute atomic E-state index is 0.306. The molecule has 2 rings (SSSR count). The largest absolute Gasteiger partial charge is 0.497 e. The molecule has 4 heteroatoms. The van der Waals surface area contributed by atoms with Crippen molar-refractivity contribution >= 4 is 11.3 Å². The zero-order valence-corrected chi connectivity index (χ0v) is 8.34. The number of ether oxygens (including phenoxy) is 1. The van der Waals surface area contributed by atoms with Gasteiger partial charge in [0.05, 0.1) is 7.11 Å². The highest BCUT2D eigenvalue weighted by atomic mass is 32.1. The smallest absolute Gasteiger partial charge is 0.137 e. The molecule has 2 nitrogen and oxygen atoms in total. The summed E-state index contributed by atoms with van der Waals surface area (Å²) >= 11 is 1.41. The van der Waals surface area contributed by atoms with Crippen LogP contribution in [0.2, 0.25) is 0 Å². The Balaban J connectivity index is 2.46. The first kappa shape index (κ1) is 9.15. The third-order valence-corrected chi connectivity index (χ3v) is 2.65. The molecule has 0 radical (unpaired) electrons. The van der Waals surface area contributed by atoms with Gasteiger partial charge < -0.3 is 4.74 Å². The lowest BCUT2D eigenvalue weighted by Crippen LogP contribution is -1.87. The van der Waals surface area contributed by atoms with E-state index in [0.717, 1.165) is 0 Å². The lowest BCUT2D eigenvalue weighted by Gasteiger charge is -2.02. The molecule has 0 saturated carbocycles. The number of hydrogen-bond donors (Lipinski definition) is 0. The van der Waals surface area contributed by atoms with Crippen molar-refractivity contribution in [1.82, 2.24) is 4.98 Å². The van der Waals surface area contributed by atoms with E-state index in [-0.39, 0.29) is 5.82 Å². The van der Waals surface area contributed by atoms with Crippen LogP contribution in [0.3, 0.4) is 0 Å². The van der Waals surface area contributed by atoms with Crippen molar-refractivity contribution in [3.8, 4) is 16.3 Å². The van der Waals surface area contributed by atoms with Crippen LogP contribution in [-0.4, -0.2) is 12.1 Å². The Morgan fingerprint density at radius 3 is 2.86 bits per heavy atom. The second-order valence-corrected chi connectivity index (χ2v) is 3.58. The SMILES string of the molecule is COc1ccc(-c2nccs2)c(F)c1. The maximum Gasteiger partial charge on any atom is 0.137 e. The molecule has 1 aromatic carbocycles. The van der Waals surface area contributed by atoms with Crippen LogP contribution in [0.1, 0.15) is 0 Å². The number of hydrogen-bond acceptors (Lipinski definition) is 3. The summed E-state index contributed by atoms with van der Waals surface area (Å²) in [7, 11) is 1.51. The van der Waals surface area contributed by atoms with E-state index < -0.39 is 0 Å². The maximum absolute atomic E-state index is 13.5. The fourth-order valence-corrected chi connectivity index (χ4v) is 1.82. The first-order valence-corrected chi connectivity index (χ1v) is 4.92. The van der Waals surface area contributed by atoms with Gasteiger partial charge in [0, 0.05) is 23.2 Å². The second kappa shape index (κ2) is 3.75. The number of nitrogens with zero attached hydrogens (tertiary/aromatic N) is 1. The molecule has 0 spiro atoms. The molecule has 1 aromatic heterocycles. The third kappa shape index (κ3) is 1.61. The molecular weight excluding hydrogens is 201 g/mol. The minimum Gasteiger partial charge on any atom is -0.497 e. The van der Waals surface area contributed by atoms with Gasteiger partial charge in [0.2, 0.25) is 0 Å². The summed E-state index contributed by atoms with van der Waals surface area (Å²) in [6.45, 7) is 0. The number of methoxy groups -OCH3 is 1. The zero-order chi connectivity index (χ0) is 9.97. The number of rotatable bonds is 2. The maximum atomic E-state index is 13.5. The van der Waals surface area contributed by atoms with Gasteiger partial charge >= 0.3 is 0 Å². The number of aromatic nitrogens is 1. The van der Waals surface area contributed by atoms with E-state index in [9.17, 15) is 4.39 Å². The van der Waals surface area contributed by atoms with Gasteiger partial charge in [-0.15, -0.1) is 11.3 Å². The molecule has 0 fully saturated rings. The van der Waals surface area contributed by atoms with E-state index in [2.05, 4.69) is 4.98 Å². The number of halogens is 1. The highest BCUT2D eigenvalue weighted by Gasteiger charge is 2.07. The molecule has 0 aliphatic heterocycles. The van der Waals surface area contributed by atoms with Crippen molar-refractivity contribution in [1.29, 1.82) is 0 Å².